The third-order valence-electron chi connectivity index (χ3n) is 2.68. The molecule has 0 saturated carbocycles. The Morgan fingerprint density at radius 1 is 1.26 bits per heavy atom. The minimum Gasteiger partial charge on any atom is -0.383 e. The van der Waals surface area contributed by atoms with Crippen molar-refractivity contribution in [3.05, 3.63) is 52.6 Å². The zero-order valence-corrected chi connectivity index (χ0v) is 12.6. The Balaban J connectivity index is 2.04. The summed E-state index contributed by atoms with van der Waals surface area (Å²) in [5, 5.41) is 0. The van der Waals surface area contributed by atoms with Gasteiger partial charge in [-0.1, -0.05) is 22.0 Å². The van der Waals surface area contributed by atoms with Crippen molar-refractivity contribution in [2.24, 2.45) is 5.84 Å². The number of nitrogens with two attached hydrogens (primary N) is 2. The molecule has 6 heteroatoms. The molecule has 19 heavy (non-hydrogen) atoms. The Bertz CT molecular complexity index is 532. The first-order chi connectivity index (χ1) is 9.20. The zero-order valence-electron chi connectivity index (χ0n) is 10.2. The predicted molar refractivity (Wildman–Crippen MR) is 83.6 cm³/mol. The number of thioether (sulfide) groups is 1. The molecule has 0 fully saturated rings. The van der Waals surface area contributed by atoms with Crippen LogP contribution in [0.3, 0.4) is 0 Å². The molecular formula is C13H15BrN4S. The number of nitrogens with zero attached hydrogens (tertiary/aromatic N) is 1. The minimum absolute atomic E-state index is 0.0256. The maximum absolute atomic E-state index is 5.86. The standard InChI is InChI=1S/C13H15BrN4S/c14-9-3-5-10(6-4-9)19-8-12(18-16)11-2-1-7-17-13(11)15/h1-7,12,18H,8,16H2,(H2,15,17). The number of nitrogens with one attached hydrogen (secondary N) is 1. The lowest BCUT2D eigenvalue weighted by atomic mass is 10.1. The smallest absolute Gasteiger partial charge is 0.128 e. The molecule has 0 amide bonds. The van der Waals surface area contributed by atoms with E-state index in [9.17, 15) is 0 Å². The van der Waals surface area contributed by atoms with Crippen LogP contribution in [-0.2, 0) is 0 Å². The third-order valence-corrected chi connectivity index (χ3v) is 4.31. The maximum Gasteiger partial charge on any atom is 0.128 e. The third kappa shape index (κ3) is 3.94. The molecule has 100 valence electrons. The highest BCUT2D eigenvalue weighted by Gasteiger charge is 2.13. The second kappa shape index (κ2) is 6.91. The highest BCUT2D eigenvalue weighted by molar-refractivity contribution is 9.10. The van der Waals surface area contributed by atoms with E-state index in [1.807, 2.05) is 24.3 Å². The highest BCUT2D eigenvalue weighted by atomic mass is 79.9. The Kier molecular flexibility index (Phi) is 5.21. The second-order valence-electron chi connectivity index (χ2n) is 3.96. The van der Waals surface area contributed by atoms with E-state index < -0.39 is 0 Å². The summed E-state index contributed by atoms with van der Waals surface area (Å²) in [6.07, 6.45) is 1.67. The molecule has 0 spiro atoms. The number of hydrazine groups is 1. The average Bonchev–Trinajstić information content (AvgIpc) is 2.43. The van der Waals surface area contributed by atoms with Gasteiger partial charge in [0.25, 0.3) is 0 Å². The molecule has 0 aliphatic rings. The van der Waals surface area contributed by atoms with Crippen molar-refractivity contribution in [2.45, 2.75) is 10.9 Å². The van der Waals surface area contributed by atoms with Gasteiger partial charge in [0.05, 0.1) is 6.04 Å². The van der Waals surface area contributed by atoms with Gasteiger partial charge >= 0.3 is 0 Å². The van der Waals surface area contributed by atoms with Gasteiger partial charge in [-0.25, -0.2) is 4.98 Å². The number of halogens is 1. The van der Waals surface area contributed by atoms with Gasteiger partial charge in [0.2, 0.25) is 0 Å². The van der Waals surface area contributed by atoms with E-state index in [-0.39, 0.29) is 6.04 Å². The molecule has 1 aromatic carbocycles. The number of benzene rings is 1. The molecule has 0 aliphatic heterocycles. The van der Waals surface area contributed by atoms with Crippen LogP contribution < -0.4 is 17.0 Å². The van der Waals surface area contributed by atoms with E-state index in [1.54, 1.807) is 18.0 Å². The van der Waals surface area contributed by atoms with Crippen LogP contribution in [0.15, 0.2) is 52.0 Å². The lowest BCUT2D eigenvalue weighted by Crippen LogP contribution is -2.30. The van der Waals surface area contributed by atoms with Gasteiger partial charge in [0.1, 0.15) is 5.82 Å². The second-order valence-corrected chi connectivity index (χ2v) is 5.97. The number of hydrogen-bond donors (Lipinski definition) is 3. The maximum atomic E-state index is 5.86. The fourth-order valence-corrected chi connectivity index (χ4v) is 2.89. The summed E-state index contributed by atoms with van der Waals surface area (Å²) >= 11 is 5.14. The SMILES string of the molecule is NNC(CSc1ccc(Br)cc1)c1cccnc1N. The number of aromatic nitrogens is 1. The molecule has 0 saturated heterocycles. The summed E-state index contributed by atoms with van der Waals surface area (Å²) < 4.78 is 1.07. The molecule has 1 heterocycles. The van der Waals surface area contributed by atoms with E-state index in [2.05, 4.69) is 38.5 Å². The molecular weight excluding hydrogens is 324 g/mol. The van der Waals surface area contributed by atoms with Crippen LogP contribution in [0, 0.1) is 0 Å². The van der Waals surface area contributed by atoms with E-state index in [0.29, 0.717) is 5.82 Å². The summed E-state index contributed by atoms with van der Waals surface area (Å²) in [7, 11) is 0. The van der Waals surface area contributed by atoms with Crippen LogP contribution >= 0.6 is 27.7 Å². The van der Waals surface area contributed by atoms with Gasteiger partial charge in [-0.2, -0.15) is 0 Å². The van der Waals surface area contributed by atoms with Crippen molar-refractivity contribution in [1.82, 2.24) is 10.4 Å². The molecule has 1 aromatic heterocycles. The Labute approximate surface area is 125 Å². The minimum atomic E-state index is -0.0256. The van der Waals surface area contributed by atoms with Crippen LogP contribution in [-0.4, -0.2) is 10.7 Å². The summed E-state index contributed by atoms with van der Waals surface area (Å²) in [6.45, 7) is 0. The summed E-state index contributed by atoms with van der Waals surface area (Å²) in [5.74, 6) is 6.91. The fraction of sp³-hybridized carbons (Fsp3) is 0.154. The predicted octanol–water partition coefficient (Wildman–Crippen LogP) is 2.72. The van der Waals surface area contributed by atoms with Gasteiger partial charge in [-0.15, -0.1) is 11.8 Å². The molecule has 2 aromatic rings. The van der Waals surface area contributed by atoms with E-state index >= 15 is 0 Å². The van der Waals surface area contributed by atoms with Gasteiger partial charge in [-0.05, 0) is 30.3 Å². The molecule has 0 bridgehead atoms. The largest absolute Gasteiger partial charge is 0.383 e. The molecule has 1 atom stereocenters. The van der Waals surface area contributed by atoms with Crippen molar-refractivity contribution in [3.8, 4) is 0 Å². The van der Waals surface area contributed by atoms with Crippen molar-refractivity contribution in [1.29, 1.82) is 0 Å². The summed E-state index contributed by atoms with van der Waals surface area (Å²) in [4.78, 5) is 5.27. The first-order valence-electron chi connectivity index (χ1n) is 5.75. The van der Waals surface area contributed by atoms with Crippen LogP contribution in [0.2, 0.25) is 0 Å². The van der Waals surface area contributed by atoms with Crippen molar-refractivity contribution >= 4 is 33.5 Å². The Morgan fingerprint density at radius 2 is 2.00 bits per heavy atom. The average molecular weight is 339 g/mol. The quantitative estimate of drug-likeness (QED) is 0.444. The van der Waals surface area contributed by atoms with E-state index in [4.69, 9.17) is 11.6 Å². The van der Waals surface area contributed by atoms with Crippen LogP contribution in [0.4, 0.5) is 5.82 Å². The normalized spacial score (nSPS) is 12.3. The van der Waals surface area contributed by atoms with Gasteiger partial charge in [-0.3, -0.25) is 11.3 Å². The molecule has 0 radical (unpaired) electrons. The lowest BCUT2D eigenvalue weighted by Gasteiger charge is -2.17. The fourth-order valence-electron chi connectivity index (χ4n) is 1.66. The van der Waals surface area contributed by atoms with Crippen LogP contribution in [0.5, 0.6) is 0 Å². The van der Waals surface area contributed by atoms with E-state index in [0.717, 1.165) is 15.8 Å². The Hall–Kier alpha value is -1.08. The van der Waals surface area contributed by atoms with E-state index in [1.165, 1.54) is 4.90 Å². The molecule has 2 rings (SSSR count). The lowest BCUT2D eigenvalue weighted by molar-refractivity contribution is 0.610. The number of hydrogen-bond acceptors (Lipinski definition) is 5. The zero-order chi connectivity index (χ0) is 13.7. The molecule has 1 unspecified atom stereocenters. The molecule has 5 N–H and O–H groups in total. The van der Waals surface area contributed by atoms with Gasteiger partial charge in [0, 0.05) is 26.9 Å². The number of pyridine rings is 1. The van der Waals surface area contributed by atoms with Crippen molar-refractivity contribution in [2.75, 3.05) is 11.5 Å². The summed E-state index contributed by atoms with van der Waals surface area (Å²) in [5.41, 5.74) is 9.58. The van der Waals surface area contributed by atoms with Crippen molar-refractivity contribution in [3.63, 3.8) is 0 Å². The topological polar surface area (TPSA) is 77.0 Å². The summed E-state index contributed by atoms with van der Waals surface area (Å²) in [6, 6.07) is 11.9. The van der Waals surface area contributed by atoms with Gasteiger partial charge < -0.3 is 5.73 Å². The van der Waals surface area contributed by atoms with Crippen LogP contribution in [0.25, 0.3) is 0 Å². The monoisotopic (exact) mass is 338 g/mol. The van der Waals surface area contributed by atoms with Crippen LogP contribution in [0.1, 0.15) is 11.6 Å². The highest BCUT2D eigenvalue weighted by Crippen LogP contribution is 2.27. The first kappa shape index (κ1) is 14.3. The van der Waals surface area contributed by atoms with Crippen molar-refractivity contribution < 1.29 is 0 Å². The number of nitrogen functional groups attached to an aromatic ring is 1. The number of anilines is 1. The molecule has 0 aliphatic carbocycles. The molecule has 4 nitrogen and oxygen atoms in total. The Morgan fingerprint density at radius 3 is 2.63 bits per heavy atom. The number of rotatable bonds is 5. The van der Waals surface area contributed by atoms with Gasteiger partial charge in [0.15, 0.2) is 0 Å². The first-order valence-corrected chi connectivity index (χ1v) is 7.53.